The van der Waals surface area contributed by atoms with Crippen molar-refractivity contribution in [2.45, 2.75) is 32.7 Å². The van der Waals surface area contributed by atoms with E-state index >= 15 is 0 Å². The second-order valence-electron chi connectivity index (χ2n) is 9.25. The number of hydrogen-bond donors (Lipinski definition) is 1. The van der Waals surface area contributed by atoms with E-state index in [4.69, 9.17) is 14.2 Å². The third-order valence-electron chi connectivity index (χ3n) is 6.26. The summed E-state index contributed by atoms with van der Waals surface area (Å²) in [5, 5.41) is 11.5. The molecule has 0 spiro atoms. The summed E-state index contributed by atoms with van der Waals surface area (Å²) in [7, 11) is 6.86. The minimum Gasteiger partial charge on any atom is -0.507 e. The summed E-state index contributed by atoms with van der Waals surface area (Å²) in [4.78, 5) is 29.9. The first-order chi connectivity index (χ1) is 17.1. The van der Waals surface area contributed by atoms with Crippen LogP contribution in [0.2, 0.25) is 0 Å². The second kappa shape index (κ2) is 11.5. The average Bonchev–Trinajstić information content (AvgIpc) is 3.11. The van der Waals surface area contributed by atoms with Gasteiger partial charge in [0.2, 0.25) is 0 Å². The highest BCUT2D eigenvalue weighted by atomic mass is 16.5. The minimum absolute atomic E-state index is 0.0462. The van der Waals surface area contributed by atoms with Gasteiger partial charge in [0.15, 0.2) is 11.5 Å². The Hall–Kier alpha value is -3.52. The molecule has 194 valence electrons. The standard InChI is InChI=1S/C28H36N2O6/c1-8-36-21-11-10-19(15-20(21)17(2)3)26(31)24-25(18-9-12-22(34-6)23(16-18)35-7)30(14-13-29(4)5)28(33)27(24)32/h9-12,15-17,25,31H,8,13-14H2,1-7H3/b26-24+. The van der Waals surface area contributed by atoms with Gasteiger partial charge in [0.05, 0.1) is 32.4 Å². The molecule has 1 saturated heterocycles. The van der Waals surface area contributed by atoms with Gasteiger partial charge in [0.25, 0.3) is 11.7 Å². The molecule has 8 nitrogen and oxygen atoms in total. The molecule has 2 aromatic carbocycles. The van der Waals surface area contributed by atoms with Gasteiger partial charge in [-0.05, 0) is 68.4 Å². The number of carbonyl (C=O) groups excluding carboxylic acids is 2. The van der Waals surface area contributed by atoms with Crippen LogP contribution in [0.5, 0.6) is 17.2 Å². The minimum atomic E-state index is -0.779. The van der Waals surface area contributed by atoms with Gasteiger partial charge in [-0.25, -0.2) is 0 Å². The highest BCUT2D eigenvalue weighted by molar-refractivity contribution is 6.46. The van der Waals surface area contributed by atoms with Crippen LogP contribution in [0, 0.1) is 0 Å². The number of nitrogens with zero attached hydrogens (tertiary/aromatic N) is 2. The van der Waals surface area contributed by atoms with Gasteiger partial charge < -0.3 is 29.1 Å². The summed E-state index contributed by atoms with van der Waals surface area (Å²) in [6.45, 7) is 7.36. The third kappa shape index (κ3) is 5.33. The number of aliphatic hydroxyl groups excluding tert-OH is 1. The Kier molecular flexibility index (Phi) is 8.63. The van der Waals surface area contributed by atoms with Gasteiger partial charge in [-0.1, -0.05) is 19.9 Å². The van der Waals surface area contributed by atoms with Crippen molar-refractivity contribution in [3.05, 3.63) is 58.7 Å². The molecule has 1 heterocycles. The second-order valence-corrected chi connectivity index (χ2v) is 9.25. The zero-order valence-electron chi connectivity index (χ0n) is 22.1. The van der Waals surface area contributed by atoms with E-state index in [2.05, 4.69) is 0 Å². The van der Waals surface area contributed by atoms with Gasteiger partial charge >= 0.3 is 0 Å². The number of likely N-dealkylation sites (tertiary alicyclic amines) is 1. The maximum atomic E-state index is 13.3. The van der Waals surface area contributed by atoms with Crippen molar-refractivity contribution >= 4 is 17.4 Å². The van der Waals surface area contributed by atoms with E-state index < -0.39 is 17.7 Å². The van der Waals surface area contributed by atoms with E-state index in [1.807, 2.05) is 45.8 Å². The average molecular weight is 497 g/mol. The fourth-order valence-corrected chi connectivity index (χ4v) is 4.38. The molecule has 1 aliphatic heterocycles. The molecular weight excluding hydrogens is 460 g/mol. The number of aliphatic hydroxyl groups is 1. The summed E-state index contributed by atoms with van der Waals surface area (Å²) in [5.74, 6) is 0.274. The van der Waals surface area contributed by atoms with Crippen LogP contribution in [-0.2, 0) is 9.59 Å². The lowest BCUT2D eigenvalue weighted by atomic mass is 9.93. The lowest BCUT2D eigenvalue weighted by Crippen LogP contribution is -2.35. The first-order valence-corrected chi connectivity index (χ1v) is 12.1. The smallest absolute Gasteiger partial charge is 0.295 e. The molecule has 0 aliphatic carbocycles. The topological polar surface area (TPSA) is 88.5 Å². The zero-order valence-corrected chi connectivity index (χ0v) is 22.1. The molecule has 3 rings (SSSR count). The monoisotopic (exact) mass is 496 g/mol. The van der Waals surface area contributed by atoms with Crippen molar-refractivity contribution in [1.29, 1.82) is 0 Å². The Bertz CT molecular complexity index is 1150. The summed E-state index contributed by atoms with van der Waals surface area (Å²) >= 11 is 0. The van der Waals surface area contributed by atoms with Crippen LogP contribution in [0.3, 0.4) is 0 Å². The predicted molar refractivity (Wildman–Crippen MR) is 139 cm³/mol. The van der Waals surface area contributed by atoms with Gasteiger partial charge in [-0.3, -0.25) is 9.59 Å². The first kappa shape index (κ1) is 27.1. The Morgan fingerprint density at radius 2 is 1.69 bits per heavy atom. The molecule has 36 heavy (non-hydrogen) atoms. The third-order valence-corrected chi connectivity index (χ3v) is 6.26. The first-order valence-electron chi connectivity index (χ1n) is 12.1. The molecule has 1 N–H and O–H groups in total. The predicted octanol–water partition coefficient (Wildman–Crippen LogP) is 4.21. The highest BCUT2D eigenvalue weighted by Crippen LogP contribution is 2.42. The van der Waals surface area contributed by atoms with Crippen molar-refractivity contribution in [2.24, 2.45) is 0 Å². The van der Waals surface area contributed by atoms with E-state index in [9.17, 15) is 14.7 Å². The van der Waals surface area contributed by atoms with Crippen LogP contribution in [0.25, 0.3) is 5.76 Å². The number of ketones is 1. The Balaban J connectivity index is 2.21. The van der Waals surface area contributed by atoms with Crippen molar-refractivity contribution in [1.82, 2.24) is 9.80 Å². The van der Waals surface area contributed by atoms with Crippen molar-refractivity contribution < 1.29 is 28.9 Å². The molecule has 0 aromatic heterocycles. The van der Waals surface area contributed by atoms with Crippen molar-refractivity contribution in [3.63, 3.8) is 0 Å². The zero-order chi connectivity index (χ0) is 26.6. The fraction of sp³-hybridized carbons (Fsp3) is 0.429. The number of Topliss-reactive ketones (excluding diaryl/α,β-unsaturated/α-hetero) is 1. The lowest BCUT2D eigenvalue weighted by Gasteiger charge is -2.27. The normalized spacial score (nSPS) is 17.2. The molecule has 1 aliphatic rings. The van der Waals surface area contributed by atoms with E-state index in [0.717, 1.165) is 11.3 Å². The van der Waals surface area contributed by atoms with E-state index in [0.29, 0.717) is 42.3 Å². The molecule has 1 unspecified atom stereocenters. The number of carbonyl (C=O) groups is 2. The van der Waals surface area contributed by atoms with Crippen LogP contribution < -0.4 is 14.2 Å². The van der Waals surface area contributed by atoms with Gasteiger partial charge in [0, 0.05) is 18.7 Å². The number of rotatable bonds is 10. The highest BCUT2D eigenvalue weighted by Gasteiger charge is 2.46. The van der Waals surface area contributed by atoms with Crippen LogP contribution in [-0.4, -0.2) is 74.6 Å². The van der Waals surface area contributed by atoms with E-state index in [-0.39, 0.29) is 17.3 Å². The molecule has 8 heteroatoms. The quantitative estimate of drug-likeness (QED) is 0.299. The summed E-state index contributed by atoms with van der Waals surface area (Å²) < 4.78 is 16.6. The number of methoxy groups -OCH3 is 2. The molecule has 1 amide bonds. The van der Waals surface area contributed by atoms with Crippen LogP contribution in [0.1, 0.15) is 49.4 Å². The van der Waals surface area contributed by atoms with Gasteiger partial charge in [-0.15, -0.1) is 0 Å². The molecule has 0 radical (unpaired) electrons. The summed E-state index contributed by atoms with van der Waals surface area (Å²) in [6, 6.07) is 9.80. The Labute approximate surface area is 213 Å². The van der Waals surface area contributed by atoms with Crippen molar-refractivity contribution in [2.75, 3.05) is 48.0 Å². The number of hydrogen-bond acceptors (Lipinski definition) is 7. The number of amides is 1. The van der Waals surface area contributed by atoms with Crippen LogP contribution >= 0.6 is 0 Å². The molecular formula is C28H36N2O6. The molecule has 0 saturated carbocycles. The largest absolute Gasteiger partial charge is 0.507 e. The number of benzene rings is 2. The molecule has 0 bridgehead atoms. The lowest BCUT2D eigenvalue weighted by molar-refractivity contribution is -0.140. The van der Waals surface area contributed by atoms with Gasteiger partial charge in [-0.2, -0.15) is 0 Å². The van der Waals surface area contributed by atoms with Crippen LogP contribution in [0.4, 0.5) is 0 Å². The summed E-state index contributed by atoms with van der Waals surface area (Å²) in [5.41, 5.74) is 2.05. The number of ether oxygens (including phenoxy) is 3. The van der Waals surface area contributed by atoms with Crippen molar-refractivity contribution in [3.8, 4) is 17.2 Å². The van der Waals surface area contributed by atoms with E-state index in [1.165, 1.54) is 12.0 Å². The Morgan fingerprint density at radius 3 is 2.28 bits per heavy atom. The van der Waals surface area contributed by atoms with Crippen LogP contribution in [0.15, 0.2) is 42.0 Å². The maximum absolute atomic E-state index is 13.3. The molecule has 1 atom stereocenters. The SMILES string of the molecule is CCOc1ccc(/C(O)=C2\C(=O)C(=O)N(CCN(C)C)C2c2ccc(OC)c(OC)c2)cc1C(C)C. The number of likely N-dealkylation sites (N-methyl/N-ethyl adjacent to an activating group) is 1. The fourth-order valence-electron chi connectivity index (χ4n) is 4.38. The Morgan fingerprint density at radius 1 is 1.03 bits per heavy atom. The summed E-state index contributed by atoms with van der Waals surface area (Å²) in [6.07, 6.45) is 0. The maximum Gasteiger partial charge on any atom is 0.295 e. The van der Waals surface area contributed by atoms with Gasteiger partial charge in [0.1, 0.15) is 11.5 Å². The molecule has 2 aromatic rings. The molecule has 1 fully saturated rings. The van der Waals surface area contributed by atoms with E-state index in [1.54, 1.807) is 37.4 Å².